The summed E-state index contributed by atoms with van der Waals surface area (Å²) in [4.78, 5) is 6.49. The molecule has 0 atom stereocenters. The zero-order chi connectivity index (χ0) is 14.1. The van der Waals surface area contributed by atoms with Gasteiger partial charge in [-0.2, -0.15) is 0 Å². The molecule has 2 aromatic rings. The number of halogens is 1. The lowest BCUT2D eigenvalue weighted by Crippen LogP contribution is -2.40. The Morgan fingerprint density at radius 1 is 1.30 bits per heavy atom. The number of aromatic nitrogens is 1. The van der Waals surface area contributed by atoms with E-state index in [9.17, 15) is 0 Å². The first-order valence-corrected chi connectivity index (χ1v) is 7.01. The lowest BCUT2D eigenvalue weighted by molar-refractivity contribution is 0.0680. The van der Waals surface area contributed by atoms with Crippen LogP contribution in [0.4, 0.5) is 0 Å². The minimum Gasteiger partial charge on any atom is -0.378 e. The van der Waals surface area contributed by atoms with Gasteiger partial charge in [-0.25, -0.2) is 0 Å². The third-order valence-corrected chi connectivity index (χ3v) is 3.80. The molecule has 3 rings (SSSR count). The summed E-state index contributed by atoms with van der Waals surface area (Å²) in [5, 5.41) is 9.90. The monoisotopic (exact) mass is 289 g/mol. The maximum absolute atomic E-state index is 8.32. The summed E-state index contributed by atoms with van der Waals surface area (Å²) in [5.41, 5.74) is 2.64. The number of pyridine rings is 1. The summed E-state index contributed by atoms with van der Waals surface area (Å²) in [5.74, 6) is 0.520. The predicted molar refractivity (Wildman–Crippen MR) is 80.7 cm³/mol. The Bertz CT molecular complexity index is 665. The van der Waals surface area contributed by atoms with Gasteiger partial charge in [0.1, 0.15) is 5.84 Å². The van der Waals surface area contributed by atoms with Crippen LogP contribution in [-0.2, 0) is 4.74 Å². The summed E-state index contributed by atoms with van der Waals surface area (Å²) in [7, 11) is 0. The molecule has 0 aliphatic carbocycles. The smallest absolute Gasteiger partial charge is 0.128 e. The van der Waals surface area contributed by atoms with E-state index in [-0.39, 0.29) is 0 Å². The molecule has 1 N–H and O–H groups in total. The van der Waals surface area contributed by atoms with Crippen LogP contribution < -0.4 is 0 Å². The van der Waals surface area contributed by atoms with Gasteiger partial charge in [-0.05, 0) is 31.2 Å². The maximum atomic E-state index is 8.32. The minimum atomic E-state index is 0.520. The minimum absolute atomic E-state index is 0.520. The third kappa shape index (κ3) is 2.49. The Labute approximate surface area is 122 Å². The Morgan fingerprint density at radius 2 is 2.05 bits per heavy atom. The van der Waals surface area contributed by atoms with Gasteiger partial charge in [0.25, 0.3) is 0 Å². The molecule has 0 spiro atoms. The topological polar surface area (TPSA) is 49.2 Å². The molecule has 1 fully saturated rings. The van der Waals surface area contributed by atoms with Crippen LogP contribution >= 0.6 is 11.6 Å². The van der Waals surface area contributed by atoms with E-state index in [1.807, 2.05) is 36.1 Å². The summed E-state index contributed by atoms with van der Waals surface area (Å²) in [6, 6.07) is 7.66. The molecule has 2 heterocycles. The van der Waals surface area contributed by atoms with E-state index in [1.165, 1.54) is 0 Å². The molecule has 104 valence electrons. The van der Waals surface area contributed by atoms with E-state index in [0.717, 1.165) is 35.2 Å². The highest BCUT2D eigenvalue weighted by Crippen LogP contribution is 2.24. The molecule has 20 heavy (non-hydrogen) atoms. The van der Waals surface area contributed by atoms with Crippen molar-refractivity contribution in [2.75, 3.05) is 26.3 Å². The highest BCUT2D eigenvalue weighted by Gasteiger charge is 2.16. The van der Waals surface area contributed by atoms with Gasteiger partial charge in [0, 0.05) is 29.7 Å². The SMILES string of the molecule is Cc1cc(Cl)c2cc(C(=N)N3CCOCC3)ccc2n1. The average molecular weight is 290 g/mol. The first-order chi connectivity index (χ1) is 9.65. The van der Waals surface area contributed by atoms with Gasteiger partial charge in [0.05, 0.1) is 23.8 Å². The molecule has 4 nitrogen and oxygen atoms in total. The van der Waals surface area contributed by atoms with Gasteiger partial charge < -0.3 is 9.64 Å². The number of nitrogens with one attached hydrogen (secondary N) is 1. The molecule has 0 bridgehead atoms. The van der Waals surface area contributed by atoms with Crippen LogP contribution in [0.15, 0.2) is 24.3 Å². The van der Waals surface area contributed by atoms with Crippen LogP contribution in [0.2, 0.25) is 5.02 Å². The number of hydrogen-bond donors (Lipinski definition) is 1. The molecule has 0 saturated carbocycles. The van der Waals surface area contributed by atoms with E-state index < -0.39 is 0 Å². The van der Waals surface area contributed by atoms with Crippen molar-refractivity contribution in [1.82, 2.24) is 9.88 Å². The lowest BCUT2D eigenvalue weighted by Gasteiger charge is -2.29. The van der Waals surface area contributed by atoms with Crippen LogP contribution in [0, 0.1) is 12.3 Å². The van der Waals surface area contributed by atoms with Crippen LogP contribution in [-0.4, -0.2) is 42.0 Å². The summed E-state index contributed by atoms with van der Waals surface area (Å²) in [6.07, 6.45) is 0. The van der Waals surface area contributed by atoms with Crippen LogP contribution in [0.5, 0.6) is 0 Å². The Kier molecular flexibility index (Phi) is 3.59. The normalized spacial score (nSPS) is 15.6. The molecule has 1 aromatic carbocycles. The molecule has 0 radical (unpaired) electrons. The van der Waals surface area contributed by atoms with Crippen molar-refractivity contribution in [3.8, 4) is 0 Å². The molecule has 0 amide bonds. The third-order valence-electron chi connectivity index (χ3n) is 3.49. The number of benzene rings is 1. The van der Waals surface area contributed by atoms with Crippen LogP contribution in [0.25, 0.3) is 10.9 Å². The number of rotatable bonds is 1. The number of fused-ring (bicyclic) bond motifs is 1. The van der Waals surface area contributed by atoms with E-state index in [2.05, 4.69) is 4.98 Å². The van der Waals surface area contributed by atoms with Crippen molar-refractivity contribution in [1.29, 1.82) is 5.41 Å². The number of nitrogens with zero attached hydrogens (tertiary/aromatic N) is 2. The van der Waals surface area contributed by atoms with Crippen molar-refractivity contribution < 1.29 is 4.74 Å². The average Bonchev–Trinajstić information content (AvgIpc) is 2.47. The Balaban J connectivity index is 1.98. The Morgan fingerprint density at radius 3 is 2.80 bits per heavy atom. The molecule has 1 aliphatic heterocycles. The van der Waals surface area contributed by atoms with Gasteiger partial charge in [-0.1, -0.05) is 11.6 Å². The molecule has 0 unspecified atom stereocenters. The highest BCUT2D eigenvalue weighted by molar-refractivity contribution is 6.35. The van der Waals surface area contributed by atoms with Crippen molar-refractivity contribution in [2.24, 2.45) is 0 Å². The quantitative estimate of drug-likeness (QED) is 0.649. The molecule has 1 saturated heterocycles. The van der Waals surface area contributed by atoms with E-state index >= 15 is 0 Å². The fourth-order valence-corrected chi connectivity index (χ4v) is 2.73. The van der Waals surface area contributed by atoms with Crippen LogP contribution in [0.1, 0.15) is 11.3 Å². The zero-order valence-corrected chi connectivity index (χ0v) is 12.1. The van der Waals surface area contributed by atoms with Gasteiger partial charge in [-0.3, -0.25) is 10.4 Å². The number of amidine groups is 1. The largest absolute Gasteiger partial charge is 0.378 e. The summed E-state index contributed by atoms with van der Waals surface area (Å²) >= 11 is 6.28. The van der Waals surface area contributed by atoms with Crippen molar-refractivity contribution in [3.63, 3.8) is 0 Å². The standard InChI is InChI=1S/C15H16ClN3O/c1-10-8-13(16)12-9-11(2-3-14(12)18-10)15(17)19-4-6-20-7-5-19/h2-3,8-9,17H,4-7H2,1H3. The van der Waals surface area contributed by atoms with Crippen molar-refractivity contribution in [3.05, 3.63) is 40.5 Å². The second kappa shape index (κ2) is 5.38. The number of hydrogen-bond acceptors (Lipinski definition) is 3. The van der Waals surface area contributed by atoms with Gasteiger partial charge in [-0.15, -0.1) is 0 Å². The zero-order valence-electron chi connectivity index (χ0n) is 11.3. The summed E-state index contributed by atoms with van der Waals surface area (Å²) in [6.45, 7) is 4.80. The maximum Gasteiger partial charge on any atom is 0.128 e. The fraction of sp³-hybridized carbons (Fsp3) is 0.333. The molecular weight excluding hydrogens is 274 g/mol. The van der Waals surface area contributed by atoms with Crippen molar-refractivity contribution in [2.45, 2.75) is 6.92 Å². The van der Waals surface area contributed by atoms with Gasteiger partial charge in [0.2, 0.25) is 0 Å². The lowest BCUT2D eigenvalue weighted by atomic mass is 10.1. The van der Waals surface area contributed by atoms with E-state index in [1.54, 1.807) is 0 Å². The van der Waals surface area contributed by atoms with E-state index in [4.69, 9.17) is 21.7 Å². The van der Waals surface area contributed by atoms with Crippen LogP contribution in [0.3, 0.4) is 0 Å². The predicted octanol–water partition coefficient (Wildman–Crippen LogP) is 2.85. The number of morpholine rings is 1. The first-order valence-electron chi connectivity index (χ1n) is 6.63. The fourth-order valence-electron chi connectivity index (χ4n) is 2.43. The molecule has 1 aliphatic rings. The Hall–Kier alpha value is -1.65. The number of aryl methyl sites for hydroxylation is 1. The van der Waals surface area contributed by atoms with Gasteiger partial charge >= 0.3 is 0 Å². The number of ether oxygens (including phenoxy) is 1. The summed E-state index contributed by atoms with van der Waals surface area (Å²) < 4.78 is 5.32. The molecular formula is C15H16ClN3O. The molecule has 1 aromatic heterocycles. The van der Waals surface area contributed by atoms with E-state index in [0.29, 0.717) is 24.1 Å². The first kappa shape index (κ1) is 13.3. The van der Waals surface area contributed by atoms with Gasteiger partial charge in [0.15, 0.2) is 0 Å². The second-order valence-corrected chi connectivity index (χ2v) is 5.33. The highest BCUT2D eigenvalue weighted by atomic mass is 35.5. The second-order valence-electron chi connectivity index (χ2n) is 4.93. The molecule has 5 heteroatoms. The van der Waals surface area contributed by atoms with Crippen molar-refractivity contribution >= 4 is 28.3 Å².